The SMILES string of the molecule is C/C(=N/NC(=O)COc1ccccc1[N+](=O)[O-])c1ccc(N(C)C)cc1. The topological polar surface area (TPSA) is 97.1 Å². The molecule has 0 heterocycles. The summed E-state index contributed by atoms with van der Waals surface area (Å²) < 4.78 is 5.21. The quantitative estimate of drug-likeness (QED) is 0.467. The smallest absolute Gasteiger partial charge is 0.310 e. The van der Waals surface area contributed by atoms with E-state index in [-0.39, 0.29) is 18.0 Å². The number of hydrogen-bond donors (Lipinski definition) is 1. The van der Waals surface area contributed by atoms with Crippen LogP contribution >= 0.6 is 0 Å². The molecular weight excluding hydrogens is 336 g/mol. The zero-order valence-electron chi connectivity index (χ0n) is 14.8. The molecule has 0 aromatic heterocycles. The van der Waals surface area contributed by atoms with E-state index in [1.807, 2.05) is 43.3 Å². The summed E-state index contributed by atoms with van der Waals surface area (Å²) in [7, 11) is 3.90. The Bertz CT molecular complexity index is 816. The van der Waals surface area contributed by atoms with Crippen LogP contribution in [0.5, 0.6) is 5.75 Å². The summed E-state index contributed by atoms with van der Waals surface area (Å²) in [5, 5.41) is 14.9. The van der Waals surface area contributed by atoms with Crippen LogP contribution in [0.1, 0.15) is 12.5 Å². The first-order valence-electron chi connectivity index (χ1n) is 7.85. The molecule has 26 heavy (non-hydrogen) atoms. The molecule has 0 aliphatic rings. The molecule has 8 nitrogen and oxygen atoms in total. The van der Waals surface area contributed by atoms with Crippen LogP contribution in [0.15, 0.2) is 53.6 Å². The standard InChI is InChI=1S/C18H20N4O4/c1-13(14-8-10-15(11-9-14)21(2)3)19-20-18(23)12-26-17-7-5-4-6-16(17)22(24)25/h4-11H,12H2,1-3H3,(H,20,23)/b19-13-. The Morgan fingerprint density at radius 2 is 1.85 bits per heavy atom. The lowest BCUT2D eigenvalue weighted by atomic mass is 10.1. The number of nitro benzene ring substituents is 1. The molecular formula is C18H20N4O4. The molecule has 136 valence electrons. The number of anilines is 1. The van der Waals surface area contributed by atoms with E-state index in [4.69, 9.17) is 4.74 Å². The zero-order valence-corrected chi connectivity index (χ0v) is 14.8. The fraction of sp³-hybridized carbons (Fsp3) is 0.222. The lowest BCUT2D eigenvalue weighted by molar-refractivity contribution is -0.385. The van der Waals surface area contributed by atoms with Gasteiger partial charge in [0, 0.05) is 25.8 Å². The van der Waals surface area contributed by atoms with Crippen LogP contribution in [0.25, 0.3) is 0 Å². The van der Waals surface area contributed by atoms with Crippen LogP contribution in [0.4, 0.5) is 11.4 Å². The van der Waals surface area contributed by atoms with Gasteiger partial charge in [-0.3, -0.25) is 14.9 Å². The fourth-order valence-corrected chi connectivity index (χ4v) is 2.12. The Morgan fingerprint density at radius 1 is 1.19 bits per heavy atom. The highest BCUT2D eigenvalue weighted by molar-refractivity contribution is 5.99. The maximum Gasteiger partial charge on any atom is 0.310 e. The molecule has 0 spiro atoms. The van der Waals surface area contributed by atoms with Gasteiger partial charge in [0.25, 0.3) is 5.91 Å². The normalized spacial score (nSPS) is 11.0. The Kier molecular flexibility index (Phi) is 6.26. The van der Waals surface area contributed by atoms with Gasteiger partial charge >= 0.3 is 5.69 Å². The molecule has 0 radical (unpaired) electrons. The fourth-order valence-electron chi connectivity index (χ4n) is 2.12. The summed E-state index contributed by atoms with van der Waals surface area (Å²) in [6.45, 7) is 1.40. The largest absolute Gasteiger partial charge is 0.477 e. The Hall–Kier alpha value is -3.42. The molecule has 8 heteroatoms. The number of rotatable bonds is 7. The molecule has 0 aliphatic heterocycles. The Balaban J connectivity index is 1.93. The molecule has 0 fully saturated rings. The second-order valence-corrected chi connectivity index (χ2v) is 5.69. The minimum Gasteiger partial charge on any atom is -0.477 e. The van der Waals surface area contributed by atoms with Gasteiger partial charge in [0.1, 0.15) is 0 Å². The molecule has 1 N–H and O–H groups in total. The van der Waals surface area contributed by atoms with E-state index in [1.165, 1.54) is 18.2 Å². The second kappa shape index (κ2) is 8.61. The van der Waals surface area contributed by atoms with E-state index in [0.717, 1.165) is 11.3 Å². The number of nitrogens with zero attached hydrogens (tertiary/aromatic N) is 3. The van der Waals surface area contributed by atoms with Gasteiger partial charge in [0.2, 0.25) is 0 Å². The highest BCUT2D eigenvalue weighted by Gasteiger charge is 2.14. The molecule has 2 rings (SSSR count). The zero-order chi connectivity index (χ0) is 19.1. The summed E-state index contributed by atoms with van der Waals surface area (Å²) in [5.74, 6) is -0.472. The lowest BCUT2D eigenvalue weighted by Gasteiger charge is -2.12. The van der Waals surface area contributed by atoms with Gasteiger partial charge in [-0.2, -0.15) is 5.10 Å². The van der Waals surface area contributed by atoms with E-state index in [2.05, 4.69) is 10.5 Å². The van der Waals surface area contributed by atoms with Gasteiger partial charge < -0.3 is 9.64 Å². The minimum atomic E-state index is -0.563. The predicted octanol–water partition coefficient (Wildman–Crippen LogP) is 2.58. The number of carbonyl (C=O) groups excluding carboxylic acids is 1. The van der Waals surface area contributed by atoms with Crippen molar-refractivity contribution in [1.29, 1.82) is 0 Å². The number of benzene rings is 2. The molecule has 2 aromatic carbocycles. The van der Waals surface area contributed by atoms with Gasteiger partial charge in [-0.05, 0) is 30.7 Å². The van der Waals surface area contributed by atoms with Gasteiger partial charge in [-0.1, -0.05) is 24.3 Å². The third-order valence-corrected chi connectivity index (χ3v) is 3.57. The summed E-state index contributed by atoms with van der Waals surface area (Å²) in [6, 6.07) is 13.6. The van der Waals surface area contributed by atoms with Gasteiger partial charge in [0.05, 0.1) is 10.6 Å². The number of hydrazone groups is 1. The Morgan fingerprint density at radius 3 is 2.46 bits per heavy atom. The van der Waals surface area contributed by atoms with Gasteiger partial charge in [-0.25, -0.2) is 5.43 Å². The van der Waals surface area contributed by atoms with Crippen LogP contribution in [0.2, 0.25) is 0 Å². The third kappa shape index (κ3) is 5.04. The maximum absolute atomic E-state index is 11.9. The van der Waals surface area contributed by atoms with E-state index in [1.54, 1.807) is 13.0 Å². The molecule has 0 saturated carbocycles. The molecule has 2 aromatic rings. The highest BCUT2D eigenvalue weighted by Crippen LogP contribution is 2.25. The molecule has 1 amide bonds. The summed E-state index contributed by atoms with van der Waals surface area (Å²) in [6.07, 6.45) is 0. The average Bonchev–Trinajstić information content (AvgIpc) is 2.64. The molecule has 0 aliphatic carbocycles. The van der Waals surface area contributed by atoms with Crippen molar-refractivity contribution in [3.05, 3.63) is 64.2 Å². The maximum atomic E-state index is 11.9. The van der Waals surface area contributed by atoms with Crippen molar-refractivity contribution in [3.8, 4) is 5.75 Å². The highest BCUT2D eigenvalue weighted by atomic mass is 16.6. The molecule has 0 saturated heterocycles. The molecule has 0 bridgehead atoms. The average molecular weight is 356 g/mol. The van der Waals surface area contributed by atoms with Crippen LogP contribution in [-0.2, 0) is 4.79 Å². The Labute approximate surface area is 151 Å². The molecule has 0 atom stereocenters. The van der Waals surface area contributed by atoms with Crippen molar-refractivity contribution in [2.24, 2.45) is 5.10 Å². The number of nitro groups is 1. The van der Waals surface area contributed by atoms with Crippen molar-refractivity contribution in [1.82, 2.24) is 5.43 Å². The molecule has 0 unspecified atom stereocenters. The van der Waals surface area contributed by atoms with E-state index >= 15 is 0 Å². The number of carbonyl (C=O) groups is 1. The minimum absolute atomic E-state index is 0.0348. The van der Waals surface area contributed by atoms with Gasteiger partial charge in [0.15, 0.2) is 12.4 Å². The van der Waals surface area contributed by atoms with Crippen molar-refractivity contribution >= 4 is 23.0 Å². The number of para-hydroxylation sites is 2. The third-order valence-electron chi connectivity index (χ3n) is 3.57. The van der Waals surface area contributed by atoms with E-state index in [0.29, 0.717) is 5.71 Å². The first-order valence-corrected chi connectivity index (χ1v) is 7.85. The number of ether oxygens (including phenoxy) is 1. The monoisotopic (exact) mass is 356 g/mol. The van der Waals surface area contributed by atoms with E-state index in [9.17, 15) is 14.9 Å². The summed E-state index contributed by atoms with van der Waals surface area (Å²) in [4.78, 5) is 24.2. The van der Waals surface area contributed by atoms with Crippen molar-refractivity contribution in [2.75, 3.05) is 25.6 Å². The van der Waals surface area contributed by atoms with Crippen molar-refractivity contribution in [3.63, 3.8) is 0 Å². The van der Waals surface area contributed by atoms with Gasteiger partial charge in [-0.15, -0.1) is 0 Å². The first-order chi connectivity index (χ1) is 12.4. The number of nitrogens with one attached hydrogen (secondary N) is 1. The van der Waals surface area contributed by atoms with Crippen molar-refractivity contribution < 1.29 is 14.5 Å². The van der Waals surface area contributed by atoms with Crippen molar-refractivity contribution in [2.45, 2.75) is 6.92 Å². The lowest BCUT2D eigenvalue weighted by Crippen LogP contribution is -2.25. The summed E-state index contributed by atoms with van der Waals surface area (Å²) in [5.41, 5.74) is 4.75. The number of amides is 1. The second-order valence-electron chi connectivity index (χ2n) is 5.69. The number of hydrogen-bond acceptors (Lipinski definition) is 6. The van der Waals surface area contributed by atoms with Crippen LogP contribution < -0.4 is 15.1 Å². The first kappa shape index (κ1) is 18.9. The van der Waals surface area contributed by atoms with Crippen LogP contribution in [0.3, 0.4) is 0 Å². The van der Waals surface area contributed by atoms with E-state index < -0.39 is 10.8 Å². The van der Waals surface area contributed by atoms with Crippen LogP contribution in [-0.4, -0.2) is 37.2 Å². The van der Waals surface area contributed by atoms with Crippen LogP contribution in [0, 0.1) is 10.1 Å². The summed E-state index contributed by atoms with van der Waals surface area (Å²) >= 11 is 0. The predicted molar refractivity (Wildman–Crippen MR) is 99.7 cm³/mol.